The van der Waals surface area contributed by atoms with Crippen LogP contribution in [0.5, 0.6) is 0 Å². The molecule has 9 heteroatoms. The summed E-state index contributed by atoms with van der Waals surface area (Å²) in [6, 6.07) is 5.23. The van der Waals surface area contributed by atoms with Crippen LogP contribution >= 0.6 is 11.5 Å². The summed E-state index contributed by atoms with van der Waals surface area (Å²) in [7, 11) is 0. The molecule has 1 saturated carbocycles. The number of carbonyl (C=O) groups excluding carboxylic acids is 2. The third kappa shape index (κ3) is 4.31. The second-order valence-corrected chi connectivity index (χ2v) is 7.78. The molecule has 28 heavy (non-hydrogen) atoms. The number of urea groups is 1. The van der Waals surface area contributed by atoms with Crippen molar-refractivity contribution in [1.29, 1.82) is 0 Å². The van der Waals surface area contributed by atoms with Crippen molar-refractivity contribution in [3.63, 3.8) is 0 Å². The highest BCUT2D eigenvalue weighted by Crippen LogP contribution is 2.32. The van der Waals surface area contributed by atoms with E-state index in [9.17, 15) is 9.59 Å². The third-order valence-electron chi connectivity index (χ3n) is 5.20. The summed E-state index contributed by atoms with van der Waals surface area (Å²) in [5, 5.41) is 5.86. The van der Waals surface area contributed by atoms with Gasteiger partial charge in [0.15, 0.2) is 5.78 Å². The van der Waals surface area contributed by atoms with Crippen LogP contribution in [0, 0.1) is 5.92 Å². The summed E-state index contributed by atoms with van der Waals surface area (Å²) in [6.45, 7) is 2.94. The predicted octanol–water partition coefficient (Wildman–Crippen LogP) is 3.39. The average Bonchev–Trinajstić information content (AvgIpc) is 3.42. The molecule has 0 spiro atoms. The number of anilines is 3. The van der Waals surface area contributed by atoms with Crippen molar-refractivity contribution in [3.8, 4) is 0 Å². The molecule has 0 radical (unpaired) electrons. The zero-order valence-corrected chi connectivity index (χ0v) is 16.3. The average molecular weight is 401 g/mol. The quantitative estimate of drug-likeness (QED) is 0.746. The predicted molar refractivity (Wildman–Crippen MR) is 108 cm³/mol. The number of carbonyl (C=O) groups is 2. The zero-order valence-electron chi connectivity index (χ0n) is 15.5. The number of benzene rings is 1. The molecule has 0 bridgehead atoms. The van der Waals surface area contributed by atoms with Crippen LogP contribution in [-0.2, 0) is 4.74 Å². The van der Waals surface area contributed by atoms with Crippen molar-refractivity contribution in [1.82, 2.24) is 9.36 Å². The van der Waals surface area contributed by atoms with Crippen molar-refractivity contribution in [3.05, 3.63) is 30.1 Å². The SMILES string of the molecule is O=C(Nc1ncns1)Nc1ccc(N2CCOCC2)cc1C(=O)C1CCCC1. The van der Waals surface area contributed by atoms with Crippen LogP contribution in [0.2, 0.25) is 0 Å². The molecular formula is C19H23N5O3S. The summed E-state index contributed by atoms with van der Waals surface area (Å²) in [5.74, 6) is 0.144. The molecule has 2 amide bonds. The van der Waals surface area contributed by atoms with Gasteiger partial charge < -0.3 is 15.0 Å². The third-order valence-corrected chi connectivity index (χ3v) is 5.78. The minimum atomic E-state index is -0.434. The van der Waals surface area contributed by atoms with Crippen molar-refractivity contribution in [2.45, 2.75) is 25.7 Å². The number of Topliss-reactive ketones (excluding diaryl/α,β-unsaturated/α-hetero) is 1. The highest BCUT2D eigenvalue weighted by atomic mass is 32.1. The maximum absolute atomic E-state index is 13.2. The standard InChI is InChI=1S/C19H23N5O3S/c25-17(13-3-1-2-4-13)15-11-14(24-7-9-27-10-8-24)5-6-16(15)22-18(26)23-19-20-12-21-28-19/h5-6,11-13H,1-4,7-10H2,(H2,20,21,22,23,26). The fraction of sp³-hybridized carbons (Fsp3) is 0.474. The Kier molecular flexibility index (Phi) is 5.82. The zero-order chi connectivity index (χ0) is 19.3. The number of rotatable bonds is 5. The van der Waals surface area contributed by atoms with Crippen LogP contribution in [0.3, 0.4) is 0 Å². The van der Waals surface area contributed by atoms with Gasteiger partial charge >= 0.3 is 6.03 Å². The second kappa shape index (κ2) is 8.66. The van der Waals surface area contributed by atoms with Crippen molar-refractivity contribution in [2.75, 3.05) is 41.8 Å². The number of hydrogen-bond donors (Lipinski definition) is 2. The molecule has 2 N–H and O–H groups in total. The van der Waals surface area contributed by atoms with E-state index in [-0.39, 0.29) is 11.7 Å². The molecule has 2 fully saturated rings. The van der Waals surface area contributed by atoms with Crippen LogP contribution in [0.1, 0.15) is 36.0 Å². The maximum Gasteiger partial charge on any atom is 0.325 e. The molecule has 1 aliphatic heterocycles. The van der Waals surface area contributed by atoms with Gasteiger partial charge in [0.1, 0.15) is 6.33 Å². The Bertz CT molecular complexity index is 830. The number of aromatic nitrogens is 2. The summed E-state index contributed by atoms with van der Waals surface area (Å²) < 4.78 is 9.28. The lowest BCUT2D eigenvalue weighted by Gasteiger charge is -2.29. The number of ether oxygens (including phenoxy) is 1. The molecule has 1 aromatic heterocycles. The lowest BCUT2D eigenvalue weighted by Crippen LogP contribution is -2.36. The first-order valence-corrected chi connectivity index (χ1v) is 10.3. The van der Waals surface area contributed by atoms with Crippen LogP contribution in [0.15, 0.2) is 24.5 Å². The van der Waals surface area contributed by atoms with Gasteiger partial charge in [-0.1, -0.05) is 12.8 Å². The number of hydrogen-bond acceptors (Lipinski definition) is 7. The Morgan fingerprint density at radius 3 is 2.64 bits per heavy atom. The molecule has 0 atom stereocenters. The fourth-order valence-corrected chi connectivity index (χ4v) is 4.18. The number of ketones is 1. The van der Waals surface area contributed by atoms with E-state index in [4.69, 9.17) is 4.74 Å². The van der Waals surface area contributed by atoms with Gasteiger partial charge in [0, 0.05) is 41.8 Å². The molecule has 4 rings (SSSR count). The summed E-state index contributed by atoms with van der Waals surface area (Å²) in [6.07, 6.45) is 5.38. The summed E-state index contributed by atoms with van der Waals surface area (Å²) in [5.41, 5.74) is 2.08. The first kappa shape index (κ1) is 18.8. The number of nitrogens with one attached hydrogen (secondary N) is 2. The van der Waals surface area contributed by atoms with E-state index in [0.29, 0.717) is 29.6 Å². The topological polar surface area (TPSA) is 96.4 Å². The molecule has 8 nitrogen and oxygen atoms in total. The lowest BCUT2D eigenvalue weighted by atomic mass is 9.94. The minimum absolute atomic E-state index is 0.0340. The highest BCUT2D eigenvalue weighted by Gasteiger charge is 2.27. The summed E-state index contributed by atoms with van der Waals surface area (Å²) in [4.78, 5) is 31.7. The fourth-order valence-electron chi connectivity index (χ4n) is 3.75. The Hall–Kier alpha value is -2.52. The Balaban J connectivity index is 1.58. The van der Waals surface area contributed by atoms with Crippen LogP contribution in [-0.4, -0.2) is 47.5 Å². The van der Waals surface area contributed by atoms with Gasteiger partial charge in [-0.05, 0) is 31.0 Å². The number of nitrogens with zero attached hydrogens (tertiary/aromatic N) is 3. The molecule has 0 unspecified atom stereocenters. The van der Waals surface area contributed by atoms with E-state index in [1.54, 1.807) is 0 Å². The van der Waals surface area contributed by atoms with Crippen molar-refractivity contribution >= 4 is 39.9 Å². The normalized spacial score (nSPS) is 17.5. The van der Waals surface area contributed by atoms with E-state index >= 15 is 0 Å². The first-order valence-electron chi connectivity index (χ1n) is 9.56. The van der Waals surface area contributed by atoms with Crippen molar-refractivity contribution < 1.29 is 14.3 Å². The molecule has 2 aromatic rings. The minimum Gasteiger partial charge on any atom is -0.378 e. The van der Waals surface area contributed by atoms with E-state index in [2.05, 4.69) is 24.9 Å². The highest BCUT2D eigenvalue weighted by molar-refractivity contribution is 7.09. The van der Waals surface area contributed by atoms with E-state index in [0.717, 1.165) is 56.0 Å². The number of amides is 2. The van der Waals surface area contributed by atoms with Gasteiger partial charge in [-0.25, -0.2) is 9.78 Å². The molecule has 2 heterocycles. The van der Waals surface area contributed by atoms with E-state index in [1.165, 1.54) is 6.33 Å². The Morgan fingerprint density at radius 1 is 1.14 bits per heavy atom. The Labute approximate surface area is 167 Å². The van der Waals surface area contributed by atoms with E-state index in [1.807, 2.05) is 18.2 Å². The van der Waals surface area contributed by atoms with E-state index < -0.39 is 6.03 Å². The molecule has 1 aliphatic carbocycles. The molecular weight excluding hydrogens is 378 g/mol. The second-order valence-electron chi connectivity index (χ2n) is 7.00. The molecule has 1 aromatic carbocycles. The van der Waals surface area contributed by atoms with Crippen LogP contribution in [0.4, 0.5) is 21.3 Å². The largest absolute Gasteiger partial charge is 0.378 e. The van der Waals surface area contributed by atoms with Gasteiger partial charge in [0.05, 0.1) is 18.9 Å². The van der Waals surface area contributed by atoms with Gasteiger partial charge in [-0.2, -0.15) is 4.37 Å². The van der Waals surface area contributed by atoms with Gasteiger partial charge in [-0.15, -0.1) is 0 Å². The van der Waals surface area contributed by atoms with Crippen LogP contribution < -0.4 is 15.5 Å². The van der Waals surface area contributed by atoms with Gasteiger partial charge in [0.25, 0.3) is 0 Å². The first-order chi connectivity index (χ1) is 13.7. The lowest BCUT2D eigenvalue weighted by molar-refractivity contribution is 0.0923. The molecule has 148 valence electrons. The molecule has 2 aliphatic rings. The van der Waals surface area contributed by atoms with Gasteiger partial charge in [-0.3, -0.25) is 10.1 Å². The Morgan fingerprint density at radius 2 is 1.93 bits per heavy atom. The monoisotopic (exact) mass is 401 g/mol. The molecule has 1 saturated heterocycles. The van der Waals surface area contributed by atoms with Crippen molar-refractivity contribution in [2.24, 2.45) is 5.92 Å². The summed E-state index contributed by atoms with van der Waals surface area (Å²) >= 11 is 1.10. The van der Waals surface area contributed by atoms with Crippen LogP contribution in [0.25, 0.3) is 0 Å². The number of morpholine rings is 1. The maximum atomic E-state index is 13.2. The van der Waals surface area contributed by atoms with Gasteiger partial charge in [0.2, 0.25) is 5.13 Å². The smallest absolute Gasteiger partial charge is 0.325 e.